The van der Waals surface area contributed by atoms with Crippen molar-refractivity contribution in [3.05, 3.63) is 72.9 Å². The predicted molar refractivity (Wildman–Crippen MR) is 307 cm³/mol. The van der Waals surface area contributed by atoms with Crippen molar-refractivity contribution < 1.29 is 28.6 Å². The summed E-state index contributed by atoms with van der Waals surface area (Å²) in [6, 6.07) is 0. The highest BCUT2D eigenvalue weighted by Crippen LogP contribution is 2.17. The monoisotopic (exact) mass is 991 g/mol. The molecule has 0 aliphatic heterocycles. The first kappa shape index (κ1) is 67.8. The molecule has 0 aromatic carbocycles. The largest absolute Gasteiger partial charge is 0.462 e. The van der Waals surface area contributed by atoms with Crippen molar-refractivity contribution in [1.29, 1.82) is 0 Å². The molecule has 0 aromatic rings. The van der Waals surface area contributed by atoms with Crippen LogP contribution in [0.4, 0.5) is 0 Å². The van der Waals surface area contributed by atoms with Crippen molar-refractivity contribution in [3.8, 4) is 0 Å². The Balaban J connectivity index is 4.34. The minimum absolute atomic E-state index is 0.0982. The summed E-state index contributed by atoms with van der Waals surface area (Å²) in [6.07, 6.45) is 76.4. The molecular weight excluding hydrogens is 877 g/mol. The lowest BCUT2D eigenvalue weighted by Crippen LogP contribution is -2.30. The number of carbonyl (C=O) groups excluding carboxylic acids is 3. The fourth-order valence-corrected chi connectivity index (χ4v) is 8.67. The van der Waals surface area contributed by atoms with Crippen molar-refractivity contribution in [2.75, 3.05) is 13.2 Å². The molecule has 0 saturated carbocycles. The van der Waals surface area contributed by atoms with E-state index < -0.39 is 6.10 Å². The summed E-state index contributed by atoms with van der Waals surface area (Å²) in [7, 11) is 0. The van der Waals surface area contributed by atoms with Crippen LogP contribution in [0, 0.1) is 0 Å². The van der Waals surface area contributed by atoms with Crippen LogP contribution in [0.2, 0.25) is 0 Å². The normalized spacial score (nSPS) is 12.5. The number of hydrogen-bond acceptors (Lipinski definition) is 6. The molecule has 410 valence electrons. The van der Waals surface area contributed by atoms with Crippen LogP contribution in [-0.2, 0) is 28.6 Å². The van der Waals surface area contributed by atoms with E-state index in [9.17, 15) is 14.4 Å². The minimum atomic E-state index is -0.807. The summed E-state index contributed by atoms with van der Waals surface area (Å²) in [4.78, 5) is 38.2. The van der Waals surface area contributed by atoms with Crippen LogP contribution in [0.15, 0.2) is 72.9 Å². The van der Waals surface area contributed by atoms with Crippen molar-refractivity contribution in [2.45, 2.75) is 309 Å². The van der Waals surface area contributed by atoms with Gasteiger partial charge in [-0.05, 0) is 77.0 Å². The molecule has 6 heteroatoms. The van der Waals surface area contributed by atoms with Crippen LogP contribution in [0.1, 0.15) is 303 Å². The van der Waals surface area contributed by atoms with Gasteiger partial charge in [-0.2, -0.15) is 0 Å². The van der Waals surface area contributed by atoms with E-state index in [4.69, 9.17) is 14.2 Å². The summed E-state index contributed by atoms with van der Waals surface area (Å²) in [5, 5.41) is 0. The number of esters is 3. The van der Waals surface area contributed by atoms with E-state index in [2.05, 4.69) is 87.6 Å². The first-order valence-electron chi connectivity index (χ1n) is 30.4. The molecule has 0 N–H and O–H groups in total. The van der Waals surface area contributed by atoms with Crippen LogP contribution in [0.3, 0.4) is 0 Å². The van der Waals surface area contributed by atoms with Gasteiger partial charge in [0.1, 0.15) is 13.2 Å². The molecule has 1 unspecified atom stereocenters. The summed E-state index contributed by atoms with van der Waals surface area (Å²) in [5.74, 6) is -0.980. The second kappa shape index (κ2) is 59.4. The number of rotatable bonds is 55. The molecule has 0 spiro atoms. The van der Waals surface area contributed by atoms with Crippen LogP contribution in [-0.4, -0.2) is 37.2 Å². The van der Waals surface area contributed by atoms with Gasteiger partial charge >= 0.3 is 17.9 Å². The Labute approximate surface area is 440 Å². The number of allylic oxidation sites excluding steroid dienone is 12. The SMILES string of the molecule is CC/C=C\C/C=C\C/C=C\C/C=C\CCC(=O)OCC(COC(=O)CCCCCCCCCCCCCCCCCCCCCCCCC)OC(=O)CCCCCCCCC/C=C\C/C=C\CCCCC. The van der Waals surface area contributed by atoms with E-state index in [1.54, 1.807) is 0 Å². The van der Waals surface area contributed by atoms with Gasteiger partial charge in [0.25, 0.3) is 0 Å². The molecule has 0 aliphatic rings. The maximum atomic E-state index is 12.9. The van der Waals surface area contributed by atoms with Crippen molar-refractivity contribution >= 4 is 17.9 Å². The van der Waals surface area contributed by atoms with Gasteiger partial charge in [0.15, 0.2) is 6.10 Å². The van der Waals surface area contributed by atoms with Gasteiger partial charge in [-0.3, -0.25) is 14.4 Å². The topological polar surface area (TPSA) is 78.9 Å². The fourth-order valence-electron chi connectivity index (χ4n) is 8.67. The van der Waals surface area contributed by atoms with Crippen LogP contribution in [0.25, 0.3) is 0 Å². The van der Waals surface area contributed by atoms with Crippen LogP contribution >= 0.6 is 0 Å². The molecule has 0 radical (unpaired) electrons. The molecule has 0 aliphatic carbocycles. The highest BCUT2D eigenvalue weighted by atomic mass is 16.6. The van der Waals surface area contributed by atoms with Crippen molar-refractivity contribution in [3.63, 3.8) is 0 Å². The average Bonchev–Trinajstić information content (AvgIpc) is 3.37. The Bertz CT molecular complexity index is 1320. The molecule has 0 bridgehead atoms. The van der Waals surface area contributed by atoms with Gasteiger partial charge in [-0.25, -0.2) is 0 Å². The van der Waals surface area contributed by atoms with E-state index in [1.807, 2.05) is 6.08 Å². The van der Waals surface area contributed by atoms with Crippen molar-refractivity contribution in [2.24, 2.45) is 0 Å². The third-order valence-electron chi connectivity index (χ3n) is 13.2. The number of hydrogen-bond donors (Lipinski definition) is 0. The molecule has 0 saturated heterocycles. The molecule has 0 rings (SSSR count). The summed E-state index contributed by atoms with van der Waals surface area (Å²) in [5.41, 5.74) is 0. The maximum absolute atomic E-state index is 12.9. The Morgan fingerprint density at radius 2 is 0.577 bits per heavy atom. The minimum Gasteiger partial charge on any atom is -0.462 e. The highest BCUT2D eigenvalue weighted by Gasteiger charge is 2.19. The molecule has 0 heterocycles. The Morgan fingerprint density at radius 3 is 0.972 bits per heavy atom. The Hall–Kier alpha value is -3.15. The predicted octanol–water partition coefficient (Wildman–Crippen LogP) is 20.5. The molecule has 0 amide bonds. The summed E-state index contributed by atoms with van der Waals surface area (Å²) in [6.45, 7) is 6.46. The first-order chi connectivity index (χ1) is 35.0. The second-order valence-corrected chi connectivity index (χ2v) is 20.2. The van der Waals surface area contributed by atoms with Gasteiger partial charge in [0.2, 0.25) is 0 Å². The molecule has 6 nitrogen and oxygen atoms in total. The third kappa shape index (κ3) is 57.6. The summed E-state index contributed by atoms with van der Waals surface area (Å²) < 4.78 is 16.8. The Morgan fingerprint density at radius 1 is 0.296 bits per heavy atom. The van der Waals surface area contributed by atoms with E-state index in [1.165, 1.54) is 180 Å². The van der Waals surface area contributed by atoms with E-state index in [0.717, 1.165) is 77.0 Å². The van der Waals surface area contributed by atoms with E-state index >= 15 is 0 Å². The van der Waals surface area contributed by atoms with Gasteiger partial charge < -0.3 is 14.2 Å². The standard InChI is InChI=1S/C65H114O6/c1-4-7-10-13-16-19-22-25-27-29-30-31-32-33-34-36-37-40-43-46-49-52-55-58-64(67)70-61-62(60-69-63(66)57-54-51-48-45-42-39-24-21-18-15-12-9-6-3)71-65(68)59-56-53-50-47-44-41-38-35-28-26-23-20-17-14-11-8-5-2/h9,12,17-18,20-21,26,28,39,42,48,51,62H,4-8,10-11,13-16,19,22-25,27,29-38,40-41,43-47,49-50,52-61H2,1-3H3/b12-9-,20-17-,21-18-,28-26-,42-39-,51-48-. The number of carbonyl (C=O) groups is 3. The quantitative estimate of drug-likeness (QED) is 0.0261. The molecule has 0 fully saturated rings. The first-order valence-corrected chi connectivity index (χ1v) is 30.4. The van der Waals surface area contributed by atoms with Crippen LogP contribution < -0.4 is 0 Å². The highest BCUT2D eigenvalue weighted by molar-refractivity contribution is 5.71. The van der Waals surface area contributed by atoms with E-state index in [-0.39, 0.29) is 37.5 Å². The zero-order valence-corrected chi connectivity index (χ0v) is 47.0. The van der Waals surface area contributed by atoms with Gasteiger partial charge in [-0.15, -0.1) is 0 Å². The zero-order valence-electron chi connectivity index (χ0n) is 47.0. The lowest BCUT2D eigenvalue weighted by Gasteiger charge is -2.18. The zero-order chi connectivity index (χ0) is 51.4. The summed E-state index contributed by atoms with van der Waals surface area (Å²) >= 11 is 0. The van der Waals surface area contributed by atoms with Gasteiger partial charge in [-0.1, -0.05) is 280 Å². The Kier molecular flexibility index (Phi) is 56.8. The smallest absolute Gasteiger partial charge is 0.306 e. The van der Waals surface area contributed by atoms with Crippen LogP contribution in [0.5, 0.6) is 0 Å². The molecule has 0 aromatic heterocycles. The lowest BCUT2D eigenvalue weighted by atomic mass is 10.0. The lowest BCUT2D eigenvalue weighted by molar-refractivity contribution is -0.166. The average molecular weight is 992 g/mol. The number of unbranched alkanes of at least 4 members (excludes halogenated alkanes) is 32. The molecule has 71 heavy (non-hydrogen) atoms. The van der Waals surface area contributed by atoms with E-state index in [0.29, 0.717) is 19.3 Å². The fraction of sp³-hybridized carbons (Fsp3) is 0.769. The second-order valence-electron chi connectivity index (χ2n) is 20.2. The number of ether oxygens (including phenoxy) is 3. The van der Waals surface area contributed by atoms with Crippen molar-refractivity contribution in [1.82, 2.24) is 0 Å². The maximum Gasteiger partial charge on any atom is 0.306 e. The molecular formula is C65H114O6. The third-order valence-corrected chi connectivity index (χ3v) is 13.2. The van der Waals surface area contributed by atoms with Gasteiger partial charge in [0.05, 0.1) is 0 Å². The molecule has 1 atom stereocenters. The van der Waals surface area contributed by atoms with Gasteiger partial charge in [0, 0.05) is 19.3 Å².